The molecule has 0 spiro atoms. The zero-order chi connectivity index (χ0) is 20.6. The van der Waals surface area contributed by atoms with Crippen LogP contribution in [0.2, 0.25) is 0 Å². The third kappa shape index (κ3) is 5.47. The quantitative estimate of drug-likeness (QED) is 0.270. The van der Waals surface area contributed by atoms with Gasteiger partial charge >= 0.3 is 0 Å². The zero-order valence-corrected chi connectivity index (χ0v) is 18.6. The molecule has 0 heterocycles. The molecule has 1 N–H and O–H groups in total. The highest BCUT2D eigenvalue weighted by Gasteiger charge is 2.11. The van der Waals surface area contributed by atoms with Crippen molar-refractivity contribution in [2.45, 2.75) is 20.3 Å². The summed E-state index contributed by atoms with van der Waals surface area (Å²) in [6.45, 7) is 4.97. The standard InChI is InChI=1S/C23H23IN2O3/c1-3-28-21-13-16(12-20(24)23(21)29-4-2)15-25-26-22(27)14-18-10-7-9-17-8-5-6-11-19(17)18/h5-13,15H,3-4,14H2,1-2H3,(H,26,27). The fraction of sp³-hybridized carbons (Fsp3) is 0.217. The van der Waals surface area contributed by atoms with Gasteiger partial charge in [0.05, 0.1) is 29.4 Å². The second-order valence-corrected chi connectivity index (χ2v) is 7.47. The lowest BCUT2D eigenvalue weighted by atomic mass is 10.0. The lowest BCUT2D eigenvalue weighted by Crippen LogP contribution is -2.19. The fourth-order valence-corrected chi connectivity index (χ4v) is 3.83. The highest BCUT2D eigenvalue weighted by molar-refractivity contribution is 14.1. The summed E-state index contributed by atoms with van der Waals surface area (Å²) in [6, 6.07) is 17.8. The van der Waals surface area contributed by atoms with Crippen LogP contribution >= 0.6 is 22.6 Å². The normalized spacial score (nSPS) is 11.0. The molecule has 0 aliphatic heterocycles. The molecular weight excluding hydrogens is 479 g/mol. The van der Waals surface area contributed by atoms with Gasteiger partial charge in [0, 0.05) is 0 Å². The van der Waals surface area contributed by atoms with Crippen LogP contribution in [0, 0.1) is 3.57 Å². The maximum absolute atomic E-state index is 12.4. The Balaban J connectivity index is 1.69. The van der Waals surface area contributed by atoms with Crippen molar-refractivity contribution < 1.29 is 14.3 Å². The molecule has 0 bridgehead atoms. The average molecular weight is 502 g/mol. The lowest BCUT2D eigenvalue weighted by molar-refractivity contribution is -0.120. The molecule has 0 atom stereocenters. The molecule has 3 rings (SSSR count). The van der Waals surface area contributed by atoms with Crippen molar-refractivity contribution in [3.63, 3.8) is 0 Å². The molecule has 0 radical (unpaired) electrons. The number of rotatable bonds is 8. The van der Waals surface area contributed by atoms with Crippen molar-refractivity contribution in [1.82, 2.24) is 5.43 Å². The first-order valence-electron chi connectivity index (χ1n) is 9.50. The Hall–Kier alpha value is -2.61. The molecule has 5 nitrogen and oxygen atoms in total. The van der Waals surface area contributed by atoms with E-state index in [9.17, 15) is 4.79 Å². The number of nitrogens with one attached hydrogen (secondary N) is 1. The van der Waals surface area contributed by atoms with E-state index < -0.39 is 0 Å². The predicted octanol–water partition coefficient (Wildman–Crippen LogP) is 4.93. The van der Waals surface area contributed by atoms with Gasteiger partial charge in [-0.25, -0.2) is 5.43 Å². The van der Waals surface area contributed by atoms with Crippen molar-refractivity contribution in [2.24, 2.45) is 5.10 Å². The van der Waals surface area contributed by atoms with Gasteiger partial charge in [-0.2, -0.15) is 5.10 Å². The maximum Gasteiger partial charge on any atom is 0.244 e. The molecule has 6 heteroatoms. The Kier molecular flexibility index (Phi) is 7.46. The van der Waals surface area contributed by atoms with Gasteiger partial charge in [0.15, 0.2) is 11.5 Å². The highest BCUT2D eigenvalue weighted by Crippen LogP contribution is 2.33. The first-order valence-corrected chi connectivity index (χ1v) is 10.6. The molecule has 0 saturated heterocycles. The first kappa shape index (κ1) is 21.1. The number of amides is 1. The van der Waals surface area contributed by atoms with Crippen LogP contribution in [-0.2, 0) is 11.2 Å². The van der Waals surface area contributed by atoms with Crippen LogP contribution in [0.3, 0.4) is 0 Å². The molecule has 1 amide bonds. The van der Waals surface area contributed by atoms with Crippen LogP contribution in [0.5, 0.6) is 11.5 Å². The second kappa shape index (κ2) is 10.2. The van der Waals surface area contributed by atoms with E-state index in [1.807, 2.05) is 68.4 Å². The van der Waals surface area contributed by atoms with Crippen LogP contribution < -0.4 is 14.9 Å². The summed E-state index contributed by atoms with van der Waals surface area (Å²) >= 11 is 2.21. The van der Waals surface area contributed by atoms with E-state index in [-0.39, 0.29) is 12.3 Å². The molecule has 0 saturated carbocycles. The van der Waals surface area contributed by atoms with Crippen molar-refractivity contribution in [1.29, 1.82) is 0 Å². The number of carbonyl (C=O) groups is 1. The van der Waals surface area contributed by atoms with Crippen molar-refractivity contribution in [3.8, 4) is 11.5 Å². The van der Waals surface area contributed by atoms with Crippen molar-refractivity contribution >= 4 is 45.5 Å². The minimum atomic E-state index is -0.164. The first-order chi connectivity index (χ1) is 14.1. The Bertz CT molecular complexity index is 1030. The van der Waals surface area contributed by atoms with Gasteiger partial charge in [0.1, 0.15) is 0 Å². The summed E-state index contributed by atoms with van der Waals surface area (Å²) < 4.78 is 12.3. The van der Waals surface area contributed by atoms with Gasteiger partial charge in [-0.3, -0.25) is 4.79 Å². The van der Waals surface area contributed by atoms with Crippen LogP contribution in [0.1, 0.15) is 25.0 Å². The van der Waals surface area contributed by atoms with Crippen molar-refractivity contribution in [3.05, 3.63) is 69.3 Å². The summed E-state index contributed by atoms with van der Waals surface area (Å²) in [5, 5.41) is 6.31. The third-order valence-electron chi connectivity index (χ3n) is 4.25. The number of benzene rings is 3. The maximum atomic E-state index is 12.4. The Labute approximate surface area is 184 Å². The summed E-state index contributed by atoms with van der Waals surface area (Å²) in [7, 11) is 0. The monoisotopic (exact) mass is 502 g/mol. The number of carbonyl (C=O) groups excluding carboxylic acids is 1. The summed E-state index contributed by atoms with van der Waals surface area (Å²) in [5.41, 5.74) is 4.41. The topological polar surface area (TPSA) is 59.9 Å². The number of hydrazone groups is 1. The van der Waals surface area contributed by atoms with E-state index in [0.29, 0.717) is 19.0 Å². The molecular formula is C23H23IN2O3. The minimum Gasteiger partial charge on any atom is -0.490 e. The smallest absolute Gasteiger partial charge is 0.244 e. The van der Waals surface area contributed by atoms with Crippen LogP contribution in [0.4, 0.5) is 0 Å². The van der Waals surface area contributed by atoms with Gasteiger partial charge in [0.2, 0.25) is 5.91 Å². The van der Waals surface area contributed by atoms with Crippen molar-refractivity contribution in [2.75, 3.05) is 13.2 Å². The average Bonchev–Trinajstić information content (AvgIpc) is 2.71. The third-order valence-corrected chi connectivity index (χ3v) is 5.06. The van der Waals surface area contributed by atoms with E-state index in [1.54, 1.807) is 6.21 Å². The molecule has 0 unspecified atom stereocenters. The molecule has 0 aliphatic rings. The number of halogens is 1. The van der Waals surface area contributed by atoms with E-state index in [2.05, 4.69) is 33.1 Å². The fourth-order valence-electron chi connectivity index (χ4n) is 3.05. The van der Waals surface area contributed by atoms with Gasteiger partial charge < -0.3 is 9.47 Å². The number of hydrogen-bond donors (Lipinski definition) is 1. The molecule has 3 aromatic carbocycles. The molecule has 150 valence electrons. The summed E-state index contributed by atoms with van der Waals surface area (Å²) in [6.07, 6.45) is 1.88. The van der Waals surface area contributed by atoms with Crippen LogP contribution in [0.15, 0.2) is 59.7 Å². The molecule has 29 heavy (non-hydrogen) atoms. The Morgan fingerprint density at radius 1 is 1.07 bits per heavy atom. The minimum absolute atomic E-state index is 0.164. The number of ether oxygens (including phenoxy) is 2. The Morgan fingerprint density at radius 2 is 1.83 bits per heavy atom. The number of hydrogen-bond acceptors (Lipinski definition) is 4. The SMILES string of the molecule is CCOc1cc(C=NNC(=O)Cc2cccc3ccccc23)cc(I)c1OCC. The van der Waals surface area contributed by atoms with E-state index in [0.717, 1.165) is 31.2 Å². The summed E-state index contributed by atoms with van der Waals surface area (Å²) in [4.78, 5) is 12.4. The van der Waals surface area contributed by atoms with Gasteiger partial charge in [0.25, 0.3) is 0 Å². The number of fused-ring (bicyclic) bond motifs is 1. The molecule has 0 aromatic heterocycles. The zero-order valence-electron chi connectivity index (χ0n) is 16.4. The predicted molar refractivity (Wildman–Crippen MR) is 125 cm³/mol. The van der Waals surface area contributed by atoms with E-state index >= 15 is 0 Å². The van der Waals surface area contributed by atoms with Gasteiger partial charge in [-0.05, 0) is 70.5 Å². The van der Waals surface area contributed by atoms with Crippen LogP contribution in [0.25, 0.3) is 10.8 Å². The second-order valence-electron chi connectivity index (χ2n) is 6.30. The van der Waals surface area contributed by atoms with E-state index in [4.69, 9.17) is 9.47 Å². The van der Waals surface area contributed by atoms with Gasteiger partial charge in [-0.15, -0.1) is 0 Å². The van der Waals surface area contributed by atoms with E-state index in [1.165, 1.54) is 0 Å². The Morgan fingerprint density at radius 3 is 2.62 bits per heavy atom. The molecule has 3 aromatic rings. The van der Waals surface area contributed by atoms with Crippen LogP contribution in [-0.4, -0.2) is 25.3 Å². The molecule has 0 fully saturated rings. The number of nitrogens with zero attached hydrogens (tertiary/aromatic N) is 1. The highest BCUT2D eigenvalue weighted by atomic mass is 127. The summed E-state index contributed by atoms with van der Waals surface area (Å²) in [5.74, 6) is 1.24. The lowest BCUT2D eigenvalue weighted by Gasteiger charge is -2.13. The molecule has 0 aliphatic carbocycles. The largest absolute Gasteiger partial charge is 0.490 e. The van der Waals surface area contributed by atoms with Gasteiger partial charge in [-0.1, -0.05) is 42.5 Å².